The lowest BCUT2D eigenvalue weighted by Crippen LogP contribution is -2.29. The van der Waals surface area contributed by atoms with Crippen molar-refractivity contribution in [3.05, 3.63) is 33.2 Å². The summed E-state index contributed by atoms with van der Waals surface area (Å²) >= 11 is 1.80. The van der Waals surface area contributed by atoms with Crippen molar-refractivity contribution in [2.75, 3.05) is 6.61 Å². The average Bonchev–Trinajstić information content (AvgIpc) is 2.61. The molecule has 0 saturated heterocycles. The van der Waals surface area contributed by atoms with Crippen LogP contribution in [0.3, 0.4) is 0 Å². The maximum Gasteiger partial charge on any atom is 0.0876 e. The molecule has 1 aliphatic heterocycles. The lowest BCUT2D eigenvalue weighted by atomic mass is 10.0. The highest BCUT2D eigenvalue weighted by atomic mass is 32.1. The van der Waals surface area contributed by atoms with E-state index >= 15 is 0 Å². The normalized spacial score (nSPS) is 17.8. The van der Waals surface area contributed by atoms with Gasteiger partial charge in [-0.15, -0.1) is 11.3 Å². The van der Waals surface area contributed by atoms with Gasteiger partial charge in [0.05, 0.1) is 18.9 Å². The zero-order chi connectivity index (χ0) is 11.5. The van der Waals surface area contributed by atoms with Crippen molar-refractivity contribution in [2.45, 2.75) is 32.7 Å². The van der Waals surface area contributed by atoms with Crippen molar-refractivity contribution in [1.82, 2.24) is 5.43 Å². The molecule has 88 valence electrons. The fourth-order valence-corrected chi connectivity index (χ4v) is 3.06. The monoisotopic (exact) mass is 238 g/mol. The smallest absolute Gasteiger partial charge is 0.0876 e. The number of hydrazine groups is 1. The molecule has 1 aromatic heterocycles. The Morgan fingerprint density at radius 1 is 1.50 bits per heavy atom. The number of nitrogens with two attached hydrogens (primary N) is 1. The molecule has 1 atom stereocenters. The van der Waals surface area contributed by atoms with Gasteiger partial charge in [-0.1, -0.05) is 0 Å². The summed E-state index contributed by atoms with van der Waals surface area (Å²) < 4.78 is 5.37. The summed E-state index contributed by atoms with van der Waals surface area (Å²) in [5.41, 5.74) is 5.47. The number of aryl methyl sites for hydroxylation is 2. The van der Waals surface area contributed by atoms with Crippen LogP contribution >= 0.6 is 11.3 Å². The summed E-state index contributed by atoms with van der Waals surface area (Å²) in [6.07, 6.45) is 4.00. The predicted molar refractivity (Wildman–Crippen MR) is 67.1 cm³/mol. The second-order valence-electron chi connectivity index (χ2n) is 4.15. The molecule has 2 rings (SSSR count). The molecule has 0 spiro atoms. The van der Waals surface area contributed by atoms with E-state index < -0.39 is 0 Å². The van der Waals surface area contributed by atoms with Crippen LogP contribution in [0.15, 0.2) is 17.9 Å². The molecular formula is C12H18N2OS. The first-order valence-electron chi connectivity index (χ1n) is 5.56. The van der Waals surface area contributed by atoms with E-state index in [9.17, 15) is 0 Å². The van der Waals surface area contributed by atoms with Crippen molar-refractivity contribution < 1.29 is 4.74 Å². The van der Waals surface area contributed by atoms with Crippen LogP contribution in [0.4, 0.5) is 0 Å². The van der Waals surface area contributed by atoms with Gasteiger partial charge >= 0.3 is 0 Å². The Morgan fingerprint density at radius 2 is 2.31 bits per heavy atom. The van der Waals surface area contributed by atoms with Crippen LogP contribution in [0.2, 0.25) is 0 Å². The van der Waals surface area contributed by atoms with Gasteiger partial charge in [-0.2, -0.15) is 0 Å². The van der Waals surface area contributed by atoms with Crippen molar-refractivity contribution in [3.8, 4) is 0 Å². The molecular weight excluding hydrogens is 220 g/mol. The summed E-state index contributed by atoms with van der Waals surface area (Å²) in [6, 6.07) is 2.32. The fraction of sp³-hybridized carbons (Fsp3) is 0.500. The molecule has 4 heteroatoms. The van der Waals surface area contributed by atoms with Crippen LogP contribution in [-0.2, 0) is 4.74 Å². The fourth-order valence-electron chi connectivity index (χ4n) is 1.91. The third-order valence-electron chi connectivity index (χ3n) is 2.97. The second kappa shape index (κ2) is 4.99. The predicted octanol–water partition coefficient (Wildman–Crippen LogP) is 2.56. The summed E-state index contributed by atoms with van der Waals surface area (Å²) in [7, 11) is 0. The van der Waals surface area contributed by atoms with Gasteiger partial charge in [0.1, 0.15) is 0 Å². The van der Waals surface area contributed by atoms with Crippen LogP contribution in [0, 0.1) is 13.8 Å². The first kappa shape index (κ1) is 11.6. The minimum Gasteiger partial charge on any atom is -0.501 e. The van der Waals surface area contributed by atoms with Crippen molar-refractivity contribution in [1.29, 1.82) is 0 Å². The molecule has 0 saturated carbocycles. The van der Waals surface area contributed by atoms with Crippen LogP contribution in [0.25, 0.3) is 0 Å². The molecule has 0 fully saturated rings. The number of hydrogen-bond donors (Lipinski definition) is 2. The Kier molecular flexibility index (Phi) is 3.63. The highest BCUT2D eigenvalue weighted by Crippen LogP contribution is 2.33. The zero-order valence-corrected chi connectivity index (χ0v) is 10.6. The highest BCUT2D eigenvalue weighted by Gasteiger charge is 2.19. The Balaban J connectivity index is 2.24. The molecule has 3 nitrogen and oxygen atoms in total. The Hall–Kier alpha value is -0.840. The molecule has 0 aliphatic carbocycles. The average molecular weight is 238 g/mol. The standard InChI is InChI=1S/C12H18N2OS/c1-8-6-11(16-9(8)2)12(14-13)10-4-3-5-15-7-10/h6-7,12,14H,3-5,13H2,1-2H3. The number of rotatable bonds is 3. The molecule has 1 aromatic rings. The summed E-state index contributed by atoms with van der Waals surface area (Å²) in [5.74, 6) is 5.66. The van der Waals surface area contributed by atoms with E-state index in [1.54, 1.807) is 11.3 Å². The van der Waals surface area contributed by atoms with Crippen molar-refractivity contribution >= 4 is 11.3 Å². The van der Waals surface area contributed by atoms with E-state index in [0.717, 1.165) is 19.4 Å². The van der Waals surface area contributed by atoms with E-state index in [1.165, 1.54) is 20.9 Å². The molecule has 2 heterocycles. The first-order valence-corrected chi connectivity index (χ1v) is 6.37. The number of nitrogens with one attached hydrogen (secondary N) is 1. The Labute approximate surface area is 100 Å². The lowest BCUT2D eigenvalue weighted by molar-refractivity contribution is 0.219. The highest BCUT2D eigenvalue weighted by molar-refractivity contribution is 7.12. The summed E-state index contributed by atoms with van der Waals surface area (Å²) in [6.45, 7) is 5.10. The van der Waals surface area contributed by atoms with E-state index in [0.29, 0.717) is 0 Å². The second-order valence-corrected chi connectivity index (χ2v) is 5.44. The van der Waals surface area contributed by atoms with Gasteiger partial charge in [0.15, 0.2) is 0 Å². The number of ether oxygens (including phenoxy) is 1. The molecule has 16 heavy (non-hydrogen) atoms. The van der Waals surface area contributed by atoms with Gasteiger partial charge in [0, 0.05) is 9.75 Å². The maximum atomic E-state index is 5.66. The van der Waals surface area contributed by atoms with Gasteiger partial charge < -0.3 is 4.74 Å². The van der Waals surface area contributed by atoms with E-state index in [1.807, 2.05) is 6.26 Å². The molecule has 1 unspecified atom stereocenters. The minimum absolute atomic E-state index is 0.109. The van der Waals surface area contributed by atoms with Gasteiger partial charge in [-0.05, 0) is 43.9 Å². The molecule has 1 aliphatic rings. The van der Waals surface area contributed by atoms with Crippen LogP contribution in [-0.4, -0.2) is 6.61 Å². The number of hydrogen-bond acceptors (Lipinski definition) is 4. The van der Waals surface area contributed by atoms with Gasteiger partial charge in [-0.3, -0.25) is 5.84 Å². The van der Waals surface area contributed by atoms with Gasteiger partial charge in [0.2, 0.25) is 0 Å². The third kappa shape index (κ3) is 2.29. The van der Waals surface area contributed by atoms with E-state index in [2.05, 4.69) is 25.3 Å². The third-order valence-corrected chi connectivity index (χ3v) is 4.19. The van der Waals surface area contributed by atoms with Crippen LogP contribution < -0.4 is 11.3 Å². The Bertz CT molecular complexity index is 378. The molecule has 3 N–H and O–H groups in total. The first-order chi connectivity index (χ1) is 7.72. The molecule has 0 radical (unpaired) electrons. The van der Waals surface area contributed by atoms with Gasteiger partial charge in [0.25, 0.3) is 0 Å². The summed E-state index contributed by atoms with van der Waals surface area (Å²) in [4.78, 5) is 2.63. The maximum absolute atomic E-state index is 5.66. The van der Waals surface area contributed by atoms with E-state index in [-0.39, 0.29) is 6.04 Å². The summed E-state index contributed by atoms with van der Waals surface area (Å²) in [5, 5.41) is 0. The van der Waals surface area contributed by atoms with Gasteiger partial charge in [-0.25, -0.2) is 5.43 Å². The lowest BCUT2D eigenvalue weighted by Gasteiger charge is -2.21. The van der Waals surface area contributed by atoms with E-state index in [4.69, 9.17) is 10.6 Å². The largest absolute Gasteiger partial charge is 0.501 e. The minimum atomic E-state index is 0.109. The van der Waals surface area contributed by atoms with Crippen LogP contribution in [0.1, 0.15) is 34.2 Å². The van der Waals surface area contributed by atoms with Crippen molar-refractivity contribution in [2.24, 2.45) is 5.84 Å². The number of thiophene rings is 1. The van der Waals surface area contributed by atoms with Crippen molar-refractivity contribution in [3.63, 3.8) is 0 Å². The van der Waals surface area contributed by atoms with Crippen LogP contribution in [0.5, 0.6) is 0 Å². The molecule has 0 amide bonds. The SMILES string of the molecule is Cc1cc(C(NN)C2=COCCC2)sc1C. The molecule has 0 aromatic carbocycles. The Morgan fingerprint density at radius 3 is 2.81 bits per heavy atom. The topological polar surface area (TPSA) is 47.3 Å². The zero-order valence-electron chi connectivity index (χ0n) is 9.75. The quantitative estimate of drug-likeness (QED) is 0.628. The molecule has 0 bridgehead atoms.